The van der Waals surface area contributed by atoms with Crippen molar-refractivity contribution in [3.8, 4) is 0 Å². The number of nitro benzene ring substituents is 1. The van der Waals surface area contributed by atoms with Crippen molar-refractivity contribution in [1.29, 1.82) is 0 Å². The number of ether oxygens (including phenoxy) is 3. The van der Waals surface area contributed by atoms with Crippen LogP contribution in [0.1, 0.15) is 11.1 Å². The van der Waals surface area contributed by atoms with E-state index in [2.05, 4.69) is 0 Å². The topological polar surface area (TPSA) is 186 Å². The second kappa shape index (κ2) is 12.4. The summed E-state index contributed by atoms with van der Waals surface area (Å²) in [5.41, 5.74) is 0.467. The van der Waals surface area contributed by atoms with Crippen molar-refractivity contribution in [3.63, 3.8) is 0 Å². The average Bonchev–Trinajstić information content (AvgIpc) is 2.94. The smallest absolute Gasteiger partial charge is 0.456 e. The van der Waals surface area contributed by atoms with Crippen LogP contribution in [0.5, 0.6) is 0 Å². The predicted molar refractivity (Wildman–Crippen MR) is 140 cm³/mol. The molecule has 2 aliphatic heterocycles. The number of hydrogen-bond donors (Lipinski definition) is 0. The van der Waals surface area contributed by atoms with Crippen molar-refractivity contribution in [2.75, 3.05) is 12.0 Å². The number of esters is 1. The van der Waals surface area contributed by atoms with Crippen molar-refractivity contribution in [1.82, 2.24) is 4.90 Å². The van der Waals surface area contributed by atoms with Gasteiger partial charge in [-0.1, -0.05) is 30.3 Å². The molecule has 0 bridgehead atoms. The summed E-state index contributed by atoms with van der Waals surface area (Å²) in [6.45, 7) is -0.489. The highest BCUT2D eigenvalue weighted by Crippen LogP contribution is 2.46. The second-order valence-corrected chi connectivity index (χ2v) is 11.4. The number of aldehydes is 1. The van der Waals surface area contributed by atoms with Crippen molar-refractivity contribution in [3.05, 3.63) is 87.3 Å². The lowest BCUT2D eigenvalue weighted by molar-refractivity contribution is -0.384. The number of non-ortho nitro benzene ring substituents is 1. The summed E-state index contributed by atoms with van der Waals surface area (Å²) in [5, 5.41) is 9.87. The van der Waals surface area contributed by atoms with Crippen LogP contribution in [0.2, 0.25) is 0 Å². The number of β-lactam (4-membered cyclic amide) rings is 1. The lowest BCUT2D eigenvalue weighted by Gasteiger charge is -2.50. The number of nitrogens with zero attached hydrogens (tertiary/aromatic N) is 2. The van der Waals surface area contributed by atoms with E-state index in [4.69, 9.17) is 18.4 Å². The van der Waals surface area contributed by atoms with Crippen molar-refractivity contribution in [2.45, 2.75) is 24.7 Å². The summed E-state index contributed by atoms with van der Waals surface area (Å²) < 4.78 is 43.9. The third kappa shape index (κ3) is 7.01. The van der Waals surface area contributed by atoms with Gasteiger partial charge in [0.2, 0.25) is 5.91 Å². The molecule has 2 aromatic carbocycles. The molecule has 3 atom stereocenters. The minimum atomic E-state index is -4.07. The molecule has 4 rings (SSSR count). The molecule has 0 radical (unpaired) electrons. The minimum Gasteiger partial charge on any atom is -0.456 e. The molecular formula is C25H22N2O12S2. The fourth-order valence-corrected chi connectivity index (χ4v) is 5.94. The Hall–Kier alpha value is -4.44. The summed E-state index contributed by atoms with van der Waals surface area (Å²) in [7, 11) is -4.07. The van der Waals surface area contributed by atoms with E-state index in [0.29, 0.717) is 11.1 Å². The van der Waals surface area contributed by atoms with E-state index in [1.165, 1.54) is 24.3 Å². The summed E-state index contributed by atoms with van der Waals surface area (Å²) in [4.78, 5) is 61.4. The first-order chi connectivity index (χ1) is 19.5. The molecule has 1 fully saturated rings. The van der Waals surface area contributed by atoms with Crippen LogP contribution >= 0.6 is 11.8 Å². The van der Waals surface area contributed by atoms with E-state index in [0.717, 1.165) is 22.9 Å². The van der Waals surface area contributed by atoms with Gasteiger partial charge in [0.25, 0.3) is 5.69 Å². The first kappa shape index (κ1) is 29.5. The molecule has 14 nitrogen and oxygen atoms in total. The van der Waals surface area contributed by atoms with Crippen LogP contribution in [0.4, 0.5) is 10.5 Å². The molecule has 0 aliphatic carbocycles. The summed E-state index contributed by atoms with van der Waals surface area (Å²) >= 11 is 0.998. The summed E-state index contributed by atoms with van der Waals surface area (Å²) in [6.07, 6.45) is -1.83. The number of benzene rings is 2. The van der Waals surface area contributed by atoms with Crippen LogP contribution in [0.15, 0.2) is 66.1 Å². The molecule has 0 aromatic heterocycles. The van der Waals surface area contributed by atoms with E-state index in [1.807, 2.05) is 0 Å². The van der Waals surface area contributed by atoms with E-state index in [9.17, 15) is 37.7 Å². The van der Waals surface area contributed by atoms with Crippen LogP contribution in [0, 0.1) is 16.0 Å². The maximum atomic E-state index is 13.2. The highest BCUT2D eigenvalue weighted by atomic mass is 32.2. The van der Waals surface area contributed by atoms with Crippen LogP contribution in [-0.2, 0) is 56.1 Å². The van der Waals surface area contributed by atoms with Gasteiger partial charge in [-0.3, -0.25) is 24.6 Å². The number of hydrogen-bond acceptors (Lipinski definition) is 13. The van der Waals surface area contributed by atoms with Gasteiger partial charge in [-0.05, 0) is 23.3 Å². The zero-order chi connectivity index (χ0) is 29.7. The quantitative estimate of drug-likeness (QED) is 0.0906. The van der Waals surface area contributed by atoms with Gasteiger partial charge in [-0.2, -0.15) is 8.42 Å². The molecule has 0 N–H and O–H groups in total. The minimum absolute atomic E-state index is 0.155. The summed E-state index contributed by atoms with van der Waals surface area (Å²) in [6, 6.07) is 13.8. The molecule has 16 heteroatoms. The van der Waals surface area contributed by atoms with Gasteiger partial charge in [0, 0.05) is 12.1 Å². The number of carbonyl (C=O) groups excluding carboxylic acids is 4. The van der Waals surface area contributed by atoms with E-state index < -0.39 is 56.2 Å². The first-order valence-electron chi connectivity index (χ1n) is 11.8. The monoisotopic (exact) mass is 606 g/mol. The van der Waals surface area contributed by atoms with Gasteiger partial charge >= 0.3 is 22.2 Å². The fourth-order valence-electron chi connectivity index (χ4n) is 4.01. The van der Waals surface area contributed by atoms with Gasteiger partial charge in [-0.15, -0.1) is 11.8 Å². The average molecular weight is 607 g/mol. The molecular weight excluding hydrogens is 584 g/mol. The van der Waals surface area contributed by atoms with Crippen molar-refractivity contribution < 1.29 is 50.9 Å². The van der Waals surface area contributed by atoms with Gasteiger partial charge in [-0.25, -0.2) is 9.59 Å². The molecule has 1 saturated heterocycles. The lowest BCUT2D eigenvalue weighted by atomic mass is 9.91. The molecule has 1 unspecified atom stereocenters. The second-order valence-electron chi connectivity index (χ2n) is 8.74. The molecule has 216 valence electrons. The Kier molecular flexibility index (Phi) is 8.92. The Morgan fingerprint density at radius 2 is 1.73 bits per heavy atom. The number of rotatable bonds is 11. The number of fused-ring (bicyclic) bond motifs is 1. The van der Waals surface area contributed by atoms with Crippen LogP contribution in [0.25, 0.3) is 0 Å². The van der Waals surface area contributed by atoms with E-state index in [-0.39, 0.29) is 36.7 Å². The SMILES string of the molecule is CS(=O)(=O)OC1=C(C(=O)OCc2ccccc2)N2C(=O)[C@H](C(C=O)OC(=O)OCc3ccc([N+](=O)[O-])cc3)[C@@H]2SC1. The number of thioether (sulfide) groups is 1. The van der Waals surface area contributed by atoms with Gasteiger partial charge in [0.1, 0.15) is 19.1 Å². The highest BCUT2D eigenvalue weighted by molar-refractivity contribution is 8.00. The van der Waals surface area contributed by atoms with Crippen LogP contribution in [0.3, 0.4) is 0 Å². The maximum absolute atomic E-state index is 13.2. The number of carbonyl (C=O) groups is 4. The van der Waals surface area contributed by atoms with Gasteiger partial charge < -0.3 is 18.4 Å². The highest BCUT2D eigenvalue weighted by Gasteiger charge is 2.58. The third-order valence-corrected chi connectivity index (χ3v) is 7.64. The molecule has 41 heavy (non-hydrogen) atoms. The largest absolute Gasteiger partial charge is 0.509 e. The Morgan fingerprint density at radius 1 is 1.10 bits per heavy atom. The van der Waals surface area contributed by atoms with E-state index in [1.54, 1.807) is 30.3 Å². The van der Waals surface area contributed by atoms with E-state index >= 15 is 0 Å². The Balaban J connectivity index is 1.45. The molecule has 2 heterocycles. The summed E-state index contributed by atoms with van der Waals surface area (Å²) in [5.74, 6) is -3.51. The lowest BCUT2D eigenvalue weighted by Crippen LogP contribution is -2.65. The predicted octanol–water partition coefficient (Wildman–Crippen LogP) is 2.28. The number of amides is 1. The Bertz CT molecular complexity index is 1490. The molecule has 2 aliphatic rings. The Labute approximate surface area is 237 Å². The Morgan fingerprint density at radius 3 is 2.34 bits per heavy atom. The number of nitro groups is 1. The fraction of sp³-hybridized carbons (Fsp3) is 0.280. The van der Waals surface area contributed by atoms with Crippen LogP contribution < -0.4 is 0 Å². The van der Waals surface area contributed by atoms with Crippen molar-refractivity contribution in [2.24, 2.45) is 5.92 Å². The van der Waals surface area contributed by atoms with Gasteiger partial charge in [0.05, 0.1) is 22.3 Å². The molecule has 0 saturated carbocycles. The first-order valence-corrected chi connectivity index (χ1v) is 14.7. The zero-order valence-corrected chi connectivity index (χ0v) is 22.9. The normalized spacial score (nSPS) is 18.9. The zero-order valence-electron chi connectivity index (χ0n) is 21.2. The van der Waals surface area contributed by atoms with Crippen LogP contribution in [-0.4, -0.2) is 66.0 Å². The maximum Gasteiger partial charge on any atom is 0.509 e. The molecule has 0 spiro atoms. The third-order valence-electron chi connectivity index (χ3n) is 5.86. The van der Waals surface area contributed by atoms with Gasteiger partial charge in [0.15, 0.2) is 23.8 Å². The van der Waals surface area contributed by atoms with Crippen molar-refractivity contribution >= 4 is 51.9 Å². The molecule has 2 aromatic rings. The molecule has 1 amide bonds. The standard InChI is InChI=1S/C25H22N2O12S2/c1-41(34,35)39-19-14-40-23-20(22(29)26(23)21(19)24(30)36-12-15-5-3-2-4-6-15)18(11-28)38-25(31)37-13-16-7-9-17(10-8-16)27(32)33/h2-11,18,20,23H,12-14H2,1H3/t18?,20-,23-/m0/s1.